The maximum absolute atomic E-state index is 12.0. The zero-order chi connectivity index (χ0) is 15.4. The van der Waals surface area contributed by atoms with Crippen molar-refractivity contribution in [2.75, 3.05) is 0 Å². The number of furan rings is 2. The zero-order valence-corrected chi connectivity index (χ0v) is 10.9. The zero-order valence-electron chi connectivity index (χ0n) is 10.9. The fraction of sp³-hybridized carbons (Fsp3) is 0. The molecule has 22 heavy (non-hydrogen) atoms. The minimum absolute atomic E-state index is 0.0124. The molecule has 0 N–H and O–H groups in total. The van der Waals surface area contributed by atoms with Crippen LogP contribution in [0.3, 0.4) is 0 Å². The molecule has 0 saturated heterocycles. The van der Waals surface area contributed by atoms with Gasteiger partial charge in [0, 0.05) is 0 Å². The summed E-state index contributed by atoms with van der Waals surface area (Å²) in [7, 11) is 0. The lowest BCUT2D eigenvalue weighted by Gasteiger charge is -2.02. The molecule has 6 nitrogen and oxygen atoms in total. The van der Waals surface area contributed by atoms with E-state index in [1.165, 1.54) is 6.07 Å². The lowest BCUT2D eigenvalue weighted by atomic mass is 9.97. The molecule has 0 aliphatic rings. The first kappa shape index (κ1) is 12.5. The van der Waals surface area contributed by atoms with Crippen molar-refractivity contribution in [3.05, 3.63) is 78.1 Å². The first-order chi connectivity index (χ1) is 10.6. The largest absolute Gasteiger partial charge is 0.386 e. The van der Waals surface area contributed by atoms with Gasteiger partial charge in [-0.2, -0.15) is 0 Å². The normalized spacial score (nSPS) is 11.5. The van der Waals surface area contributed by atoms with E-state index >= 15 is 0 Å². The monoisotopic (exact) mass is 294 g/mol. The van der Waals surface area contributed by atoms with E-state index in [9.17, 15) is 19.2 Å². The van der Waals surface area contributed by atoms with Crippen molar-refractivity contribution in [3.8, 4) is 11.1 Å². The van der Waals surface area contributed by atoms with Gasteiger partial charge in [0.05, 0.1) is 21.5 Å². The summed E-state index contributed by atoms with van der Waals surface area (Å²) in [6, 6.07) is 10.1. The average Bonchev–Trinajstić information content (AvgIpc) is 2.96. The Bertz CT molecular complexity index is 1230. The quantitative estimate of drug-likeness (QED) is 0.523. The van der Waals surface area contributed by atoms with Crippen molar-refractivity contribution in [2.24, 2.45) is 0 Å². The lowest BCUT2D eigenvalue weighted by Crippen LogP contribution is -1.99. The van der Waals surface area contributed by atoms with Gasteiger partial charge in [-0.1, -0.05) is 30.3 Å². The summed E-state index contributed by atoms with van der Waals surface area (Å²) < 4.78 is 9.14. The molecule has 2 heterocycles. The van der Waals surface area contributed by atoms with E-state index in [0.717, 1.165) is 0 Å². The molecular weight excluding hydrogens is 288 g/mol. The number of fused-ring (bicyclic) bond motifs is 3. The van der Waals surface area contributed by atoms with Gasteiger partial charge in [0.15, 0.2) is 0 Å². The molecule has 4 rings (SSSR count). The second kappa shape index (κ2) is 4.11. The third kappa shape index (κ3) is 1.49. The van der Waals surface area contributed by atoms with Crippen molar-refractivity contribution in [1.29, 1.82) is 0 Å². The molecule has 4 aromatic rings. The summed E-state index contributed by atoms with van der Waals surface area (Å²) in [4.78, 5) is 47.4. The summed E-state index contributed by atoms with van der Waals surface area (Å²) in [5.41, 5.74) is -2.58. The SMILES string of the molecule is O=c1oc(=O)c2c1cc(-c1ccccc1)c1c(=O)oc(=O)c12. The number of benzene rings is 2. The first-order valence-electron chi connectivity index (χ1n) is 6.37. The standard InChI is InChI=1S/C16H6O6/c17-13-9-6-8(7-4-2-1-3-5-7)10-12(11(9)15(19)21-13)16(20)22-14(10)18/h1-6H. The van der Waals surface area contributed by atoms with Crippen LogP contribution in [0.4, 0.5) is 0 Å². The van der Waals surface area contributed by atoms with Crippen LogP contribution in [0, 0.1) is 0 Å². The van der Waals surface area contributed by atoms with Gasteiger partial charge in [-0.3, -0.25) is 0 Å². The molecule has 0 saturated carbocycles. The molecule has 0 unspecified atom stereocenters. The van der Waals surface area contributed by atoms with Crippen molar-refractivity contribution in [1.82, 2.24) is 0 Å². The molecule has 2 aromatic carbocycles. The van der Waals surface area contributed by atoms with Gasteiger partial charge in [0.1, 0.15) is 0 Å². The van der Waals surface area contributed by atoms with E-state index in [4.69, 9.17) is 0 Å². The second-order valence-corrected chi connectivity index (χ2v) is 4.82. The molecule has 0 amide bonds. The molecule has 0 aliphatic carbocycles. The lowest BCUT2D eigenvalue weighted by molar-refractivity contribution is 0.497. The summed E-state index contributed by atoms with van der Waals surface area (Å²) in [6.07, 6.45) is 0. The van der Waals surface area contributed by atoms with Crippen molar-refractivity contribution in [3.63, 3.8) is 0 Å². The Labute approximate surface area is 120 Å². The predicted octanol–water partition coefficient (Wildman–Crippen LogP) is 1.16. The van der Waals surface area contributed by atoms with E-state index in [-0.39, 0.29) is 21.5 Å². The fourth-order valence-corrected chi connectivity index (χ4v) is 2.69. The Kier molecular flexibility index (Phi) is 2.33. The van der Waals surface area contributed by atoms with E-state index in [1.807, 2.05) is 0 Å². The van der Waals surface area contributed by atoms with Gasteiger partial charge in [0.25, 0.3) is 0 Å². The van der Waals surface area contributed by atoms with Crippen LogP contribution in [-0.4, -0.2) is 0 Å². The molecular formula is C16H6O6. The van der Waals surface area contributed by atoms with E-state index in [1.54, 1.807) is 30.3 Å². The second-order valence-electron chi connectivity index (χ2n) is 4.82. The molecule has 6 heteroatoms. The third-order valence-electron chi connectivity index (χ3n) is 3.62. The molecule has 0 spiro atoms. The molecule has 0 radical (unpaired) electrons. The minimum Gasteiger partial charge on any atom is -0.386 e. The molecule has 0 atom stereocenters. The average molecular weight is 294 g/mol. The Morgan fingerprint density at radius 1 is 0.636 bits per heavy atom. The van der Waals surface area contributed by atoms with Gasteiger partial charge >= 0.3 is 22.5 Å². The Balaban J connectivity index is 2.39. The minimum atomic E-state index is -0.944. The maximum atomic E-state index is 12.0. The Morgan fingerprint density at radius 2 is 1.23 bits per heavy atom. The van der Waals surface area contributed by atoms with E-state index in [2.05, 4.69) is 8.83 Å². The van der Waals surface area contributed by atoms with Crippen LogP contribution < -0.4 is 22.5 Å². The number of rotatable bonds is 1. The van der Waals surface area contributed by atoms with Gasteiger partial charge in [-0.25, -0.2) is 19.2 Å². The highest BCUT2D eigenvalue weighted by molar-refractivity contribution is 6.12. The van der Waals surface area contributed by atoms with Crippen LogP contribution in [-0.2, 0) is 0 Å². The Hall–Kier alpha value is -3.28. The summed E-state index contributed by atoms with van der Waals surface area (Å²) in [5.74, 6) is 0. The van der Waals surface area contributed by atoms with Crippen molar-refractivity contribution < 1.29 is 8.83 Å². The van der Waals surface area contributed by atoms with Crippen LogP contribution in [0.2, 0.25) is 0 Å². The van der Waals surface area contributed by atoms with Crippen LogP contribution in [0.25, 0.3) is 32.7 Å². The van der Waals surface area contributed by atoms with Gasteiger partial charge < -0.3 is 8.83 Å². The third-order valence-corrected chi connectivity index (χ3v) is 3.62. The molecule has 106 valence electrons. The highest BCUT2D eigenvalue weighted by Gasteiger charge is 2.23. The Morgan fingerprint density at radius 3 is 1.95 bits per heavy atom. The smallest absolute Gasteiger partial charge is 0.347 e. The molecule has 0 fully saturated rings. The van der Waals surface area contributed by atoms with Crippen molar-refractivity contribution in [2.45, 2.75) is 0 Å². The molecule has 0 bridgehead atoms. The summed E-state index contributed by atoms with van der Waals surface area (Å²) >= 11 is 0. The first-order valence-corrected chi connectivity index (χ1v) is 6.37. The van der Waals surface area contributed by atoms with Crippen LogP contribution >= 0.6 is 0 Å². The predicted molar refractivity (Wildman–Crippen MR) is 78.9 cm³/mol. The van der Waals surface area contributed by atoms with Crippen LogP contribution in [0.15, 0.2) is 64.4 Å². The molecule has 2 aromatic heterocycles. The molecule has 0 aliphatic heterocycles. The van der Waals surface area contributed by atoms with E-state index in [0.29, 0.717) is 11.1 Å². The highest BCUT2D eigenvalue weighted by Crippen LogP contribution is 2.29. The van der Waals surface area contributed by atoms with Crippen LogP contribution in [0.5, 0.6) is 0 Å². The van der Waals surface area contributed by atoms with Gasteiger partial charge in [-0.15, -0.1) is 0 Å². The topological polar surface area (TPSA) is 94.6 Å². The maximum Gasteiger partial charge on any atom is 0.347 e. The number of hydrogen-bond donors (Lipinski definition) is 0. The fourth-order valence-electron chi connectivity index (χ4n) is 2.69. The van der Waals surface area contributed by atoms with Gasteiger partial charge in [-0.05, 0) is 17.2 Å². The number of hydrogen-bond acceptors (Lipinski definition) is 6. The van der Waals surface area contributed by atoms with Crippen molar-refractivity contribution >= 4 is 21.5 Å². The van der Waals surface area contributed by atoms with E-state index < -0.39 is 22.5 Å². The van der Waals surface area contributed by atoms with Crippen LogP contribution in [0.1, 0.15) is 0 Å². The summed E-state index contributed by atoms with van der Waals surface area (Å²) in [5, 5.41) is -0.441. The highest BCUT2D eigenvalue weighted by atomic mass is 16.4. The summed E-state index contributed by atoms with van der Waals surface area (Å²) in [6.45, 7) is 0. The van der Waals surface area contributed by atoms with Gasteiger partial charge in [0.2, 0.25) is 0 Å².